The Hall–Kier alpha value is -1.66. The Morgan fingerprint density at radius 3 is 1.06 bits per heavy atom. The Kier molecular flexibility index (Phi) is 57.5. The standard InChI is InChI=1S/C63H121NO5/c1-3-5-7-9-11-13-15-17-18-19-20-21-22-23-24-25-26-27-29-32-35-39-43-47-51-55-61(66)60(59-65)64-62(67)56-52-48-44-40-36-33-30-28-31-34-38-42-46-50-54-58-69-63(68)57-53-49-45-41-37-16-14-12-10-8-6-4-2/h12,14,51,55,60-61,65-66H,3-11,13,15-50,52-54,56-59H2,1-2H3,(H,64,67)/b14-12-,55-51+. The van der Waals surface area contributed by atoms with Crippen LogP contribution in [0.3, 0.4) is 0 Å². The zero-order valence-electron chi connectivity index (χ0n) is 46.6. The summed E-state index contributed by atoms with van der Waals surface area (Å²) in [5, 5.41) is 23.2. The lowest BCUT2D eigenvalue weighted by Gasteiger charge is -2.20. The van der Waals surface area contributed by atoms with Gasteiger partial charge in [0.25, 0.3) is 0 Å². The molecule has 1 amide bonds. The minimum absolute atomic E-state index is 0.00985. The Balaban J connectivity index is 3.46. The van der Waals surface area contributed by atoms with Crippen molar-refractivity contribution in [3.8, 4) is 0 Å². The molecule has 0 bridgehead atoms. The zero-order chi connectivity index (χ0) is 50.0. The van der Waals surface area contributed by atoms with Crippen LogP contribution in [0.2, 0.25) is 0 Å². The highest BCUT2D eigenvalue weighted by Gasteiger charge is 2.18. The molecule has 0 saturated carbocycles. The fourth-order valence-electron chi connectivity index (χ4n) is 9.69. The summed E-state index contributed by atoms with van der Waals surface area (Å²) < 4.78 is 5.46. The topological polar surface area (TPSA) is 95.9 Å². The number of esters is 1. The third kappa shape index (κ3) is 55.5. The lowest BCUT2D eigenvalue weighted by Crippen LogP contribution is -2.45. The van der Waals surface area contributed by atoms with Crippen molar-refractivity contribution < 1.29 is 24.5 Å². The summed E-state index contributed by atoms with van der Waals surface area (Å²) in [4.78, 5) is 24.5. The molecule has 0 aromatic heterocycles. The van der Waals surface area contributed by atoms with Crippen LogP contribution in [0.4, 0.5) is 0 Å². The van der Waals surface area contributed by atoms with E-state index in [9.17, 15) is 19.8 Å². The highest BCUT2D eigenvalue weighted by molar-refractivity contribution is 5.76. The van der Waals surface area contributed by atoms with Gasteiger partial charge in [0, 0.05) is 12.8 Å². The number of rotatable bonds is 58. The first-order chi connectivity index (χ1) is 34.0. The van der Waals surface area contributed by atoms with Gasteiger partial charge in [-0.1, -0.05) is 295 Å². The second-order valence-electron chi connectivity index (χ2n) is 21.4. The summed E-state index contributed by atoms with van der Waals surface area (Å²) in [6.07, 6.45) is 72.1. The van der Waals surface area contributed by atoms with E-state index in [1.54, 1.807) is 6.08 Å². The van der Waals surface area contributed by atoms with Crippen molar-refractivity contribution in [1.82, 2.24) is 5.32 Å². The first-order valence-electron chi connectivity index (χ1n) is 31.1. The number of aliphatic hydroxyl groups excluding tert-OH is 2. The quantitative estimate of drug-likeness (QED) is 0.0321. The molecule has 0 heterocycles. The largest absolute Gasteiger partial charge is 0.466 e. The van der Waals surface area contributed by atoms with Gasteiger partial charge in [-0.2, -0.15) is 0 Å². The fraction of sp³-hybridized carbons (Fsp3) is 0.905. The Morgan fingerprint density at radius 2 is 0.681 bits per heavy atom. The number of aliphatic hydroxyl groups is 2. The summed E-state index contributed by atoms with van der Waals surface area (Å²) in [6, 6.07) is -0.636. The minimum atomic E-state index is -0.852. The van der Waals surface area contributed by atoms with Crippen LogP contribution in [-0.4, -0.2) is 47.4 Å². The van der Waals surface area contributed by atoms with E-state index in [1.165, 1.54) is 263 Å². The van der Waals surface area contributed by atoms with E-state index < -0.39 is 12.1 Å². The van der Waals surface area contributed by atoms with Gasteiger partial charge >= 0.3 is 5.97 Å². The normalized spacial score (nSPS) is 12.7. The average molecular weight is 973 g/mol. The van der Waals surface area contributed by atoms with Crippen molar-refractivity contribution in [1.29, 1.82) is 0 Å². The van der Waals surface area contributed by atoms with Crippen LogP contribution in [0.1, 0.15) is 341 Å². The third-order valence-electron chi connectivity index (χ3n) is 14.5. The molecule has 6 nitrogen and oxygen atoms in total. The van der Waals surface area contributed by atoms with Gasteiger partial charge in [-0.25, -0.2) is 0 Å². The number of hydrogen-bond donors (Lipinski definition) is 3. The monoisotopic (exact) mass is 972 g/mol. The van der Waals surface area contributed by atoms with E-state index >= 15 is 0 Å². The van der Waals surface area contributed by atoms with E-state index in [1.807, 2.05) is 6.08 Å². The van der Waals surface area contributed by atoms with Crippen LogP contribution in [-0.2, 0) is 14.3 Å². The van der Waals surface area contributed by atoms with Crippen LogP contribution in [0.5, 0.6) is 0 Å². The van der Waals surface area contributed by atoms with Crippen molar-refractivity contribution in [2.24, 2.45) is 0 Å². The molecule has 0 fully saturated rings. The van der Waals surface area contributed by atoms with E-state index in [0.29, 0.717) is 19.4 Å². The number of ether oxygens (including phenoxy) is 1. The van der Waals surface area contributed by atoms with Crippen LogP contribution in [0, 0.1) is 0 Å². The Morgan fingerprint density at radius 1 is 0.391 bits per heavy atom. The second-order valence-corrected chi connectivity index (χ2v) is 21.4. The predicted octanol–water partition coefficient (Wildman–Crippen LogP) is 19.4. The van der Waals surface area contributed by atoms with E-state index in [4.69, 9.17) is 4.74 Å². The summed E-state index contributed by atoms with van der Waals surface area (Å²) in [5.74, 6) is -0.0831. The molecule has 0 aliphatic rings. The molecule has 69 heavy (non-hydrogen) atoms. The number of carbonyl (C=O) groups excluding carboxylic acids is 2. The van der Waals surface area contributed by atoms with E-state index in [2.05, 4.69) is 31.3 Å². The van der Waals surface area contributed by atoms with Crippen LogP contribution >= 0.6 is 0 Å². The predicted molar refractivity (Wildman–Crippen MR) is 301 cm³/mol. The highest BCUT2D eigenvalue weighted by Crippen LogP contribution is 2.18. The zero-order valence-corrected chi connectivity index (χ0v) is 46.6. The first kappa shape index (κ1) is 67.3. The van der Waals surface area contributed by atoms with Crippen LogP contribution < -0.4 is 5.32 Å². The van der Waals surface area contributed by atoms with Crippen molar-refractivity contribution in [3.63, 3.8) is 0 Å². The number of amides is 1. The molecule has 6 heteroatoms. The maximum Gasteiger partial charge on any atom is 0.305 e. The molecule has 0 aromatic carbocycles. The summed E-state index contributed by atoms with van der Waals surface area (Å²) in [6.45, 7) is 4.88. The van der Waals surface area contributed by atoms with Gasteiger partial charge < -0.3 is 20.3 Å². The summed E-state index contributed by atoms with van der Waals surface area (Å²) in [7, 11) is 0. The number of nitrogens with one attached hydrogen (secondary N) is 1. The maximum atomic E-state index is 12.5. The molecule has 0 aromatic rings. The Labute approximate surface area is 431 Å². The van der Waals surface area contributed by atoms with Crippen LogP contribution in [0.25, 0.3) is 0 Å². The van der Waals surface area contributed by atoms with Crippen molar-refractivity contribution in [3.05, 3.63) is 24.3 Å². The average Bonchev–Trinajstić information content (AvgIpc) is 3.35. The van der Waals surface area contributed by atoms with Gasteiger partial charge in [-0.15, -0.1) is 0 Å². The smallest absolute Gasteiger partial charge is 0.305 e. The van der Waals surface area contributed by atoms with Crippen LogP contribution in [0.15, 0.2) is 24.3 Å². The lowest BCUT2D eigenvalue weighted by molar-refractivity contribution is -0.143. The molecule has 2 atom stereocenters. The molecule has 0 saturated heterocycles. The number of hydrogen-bond acceptors (Lipinski definition) is 5. The maximum absolute atomic E-state index is 12.5. The lowest BCUT2D eigenvalue weighted by atomic mass is 10.0. The molecule has 0 aliphatic carbocycles. The van der Waals surface area contributed by atoms with E-state index in [-0.39, 0.29) is 18.5 Å². The molecule has 2 unspecified atom stereocenters. The first-order valence-corrected chi connectivity index (χ1v) is 31.1. The molecule has 3 N–H and O–H groups in total. The minimum Gasteiger partial charge on any atom is -0.466 e. The highest BCUT2D eigenvalue weighted by atomic mass is 16.5. The van der Waals surface area contributed by atoms with Gasteiger partial charge in [0.1, 0.15) is 0 Å². The summed E-state index contributed by atoms with van der Waals surface area (Å²) >= 11 is 0. The molecule has 0 radical (unpaired) electrons. The van der Waals surface area contributed by atoms with Crippen molar-refractivity contribution >= 4 is 11.9 Å². The molecule has 0 aliphatic heterocycles. The Bertz CT molecular complexity index is 1080. The van der Waals surface area contributed by atoms with Gasteiger partial charge in [0.15, 0.2) is 0 Å². The van der Waals surface area contributed by atoms with E-state index in [0.717, 1.165) is 51.4 Å². The van der Waals surface area contributed by atoms with Gasteiger partial charge in [0.05, 0.1) is 25.4 Å². The van der Waals surface area contributed by atoms with Crippen molar-refractivity contribution in [2.45, 2.75) is 353 Å². The van der Waals surface area contributed by atoms with Gasteiger partial charge in [-0.05, 0) is 57.8 Å². The van der Waals surface area contributed by atoms with Gasteiger partial charge in [0.2, 0.25) is 5.91 Å². The molecular formula is C63H121NO5. The molecular weight excluding hydrogens is 851 g/mol. The third-order valence-corrected chi connectivity index (χ3v) is 14.5. The fourth-order valence-corrected chi connectivity index (χ4v) is 9.69. The molecule has 408 valence electrons. The number of allylic oxidation sites excluding steroid dienone is 3. The summed E-state index contributed by atoms with van der Waals surface area (Å²) in [5.41, 5.74) is 0. The number of unbranched alkanes of at least 4 members (excludes halogenated alkanes) is 45. The van der Waals surface area contributed by atoms with Gasteiger partial charge in [-0.3, -0.25) is 9.59 Å². The SMILES string of the molecule is CCCCC/C=C\CCCCCCCC(=O)OCCCCCCCCCCCCCCCCCC(=O)NC(CO)C(O)/C=C/CCCCCCCCCCCCCCCCCCCCCCCCC. The number of carbonyl (C=O) groups is 2. The molecule has 0 rings (SSSR count). The molecule has 0 spiro atoms. The second kappa shape index (κ2) is 58.9. The van der Waals surface area contributed by atoms with Crippen molar-refractivity contribution in [2.75, 3.05) is 13.2 Å².